The summed E-state index contributed by atoms with van der Waals surface area (Å²) in [4.78, 5) is 16.2. The first kappa shape index (κ1) is 18.6. The highest BCUT2D eigenvalue weighted by Crippen LogP contribution is 2.23. The Bertz CT molecular complexity index is 927. The van der Waals surface area contributed by atoms with E-state index in [1.807, 2.05) is 4.90 Å². The molecule has 138 valence electrons. The van der Waals surface area contributed by atoms with E-state index in [0.717, 1.165) is 5.69 Å². The largest absolute Gasteiger partial charge is 0.368 e. The van der Waals surface area contributed by atoms with Gasteiger partial charge in [0.15, 0.2) is 0 Å². The molecule has 0 bridgehead atoms. The lowest BCUT2D eigenvalue weighted by Gasteiger charge is -2.36. The van der Waals surface area contributed by atoms with Crippen LogP contribution in [0.1, 0.15) is 10.4 Å². The van der Waals surface area contributed by atoms with Crippen LogP contribution in [0.15, 0.2) is 47.4 Å². The smallest absolute Gasteiger partial charge is 0.255 e. The minimum atomic E-state index is -3.92. The van der Waals surface area contributed by atoms with Crippen LogP contribution >= 0.6 is 11.6 Å². The standard InChI is InChI=1S/C17H17ClFN3O3S/c18-16-6-5-14(26(20,24)25)11-15(16)17(23)22-9-7-21(8-10-22)13-3-1-12(19)2-4-13/h1-6,11H,7-10H2,(H2,20,24,25). The fourth-order valence-corrected chi connectivity index (χ4v) is 3.57. The Balaban J connectivity index is 1.73. The lowest BCUT2D eigenvalue weighted by Crippen LogP contribution is -2.48. The second kappa shape index (κ2) is 7.22. The molecule has 0 spiro atoms. The maximum Gasteiger partial charge on any atom is 0.255 e. The second-order valence-corrected chi connectivity index (χ2v) is 7.91. The van der Waals surface area contributed by atoms with Crippen molar-refractivity contribution < 1.29 is 17.6 Å². The summed E-state index contributed by atoms with van der Waals surface area (Å²) in [5.74, 6) is -0.647. The summed E-state index contributed by atoms with van der Waals surface area (Å²) in [6, 6.07) is 9.99. The first-order valence-corrected chi connectivity index (χ1v) is 9.80. The Morgan fingerprint density at radius 3 is 2.23 bits per heavy atom. The van der Waals surface area contributed by atoms with Crippen LogP contribution in [0.3, 0.4) is 0 Å². The van der Waals surface area contributed by atoms with Gasteiger partial charge in [-0.3, -0.25) is 4.79 Å². The number of hydrogen-bond acceptors (Lipinski definition) is 4. The SMILES string of the molecule is NS(=O)(=O)c1ccc(Cl)c(C(=O)N2CCN(c3ccc(F)cc3)CC2)c1. The fraction of sp³-hybridized carbons (Fsp3) is 0.235. The van der Waals surface area contributed by atoms with Crippen molar-refractivity contribution in [1.82, 2.24) is 4.90 Å². The third kappa shape index (κ3) is 3.98. The van der Waals surface area contributed by atoms with Crippen LogP contribution in [-0.2, 0) is 10.0 Å². The van der Waals surface area contributed by atoms with E-state index in [0.29, 0.717) is 26.2 Å². The van der Waals surface area contributed by atoms with E-state index in [1.165, 1.54) is 30.3 Å². The molecule has 0 atom stereocenters. The number of carbonyl (C=O) groups is 1. The predicted molar refractivity (Wildman–Crippen MR) is 97.3 cm³/mol. The first-order chi connectivity index (χ1) is 12.3. The topological polar surface area (TPSA) is 83.7 Å². The number of nitrogens with two attached hydrogens (primary N) is 1. The van der Waals surface area contributed by atoms with Crippen LogP contribution in [0.2, 0.25) is 5.02 Å². The normalized spacial score (nSPS) is 15.2. The summed E-state index contributed by atoms with van der Waals surface area (Å²) in [6.07, 6.45) is 0. The molecule has 1 heterocycles. The van der Waals surface area contributed by atoms with Crippen molar-refractivity contribution in [2.24, 2.45) is 5.14 Å². The fourth-order valence-electron chi connectivity index (χ4n) is 2.84. The quantitative estimate of drug-likeness (QED) is 0.859. The molecule has 0 saturated carbocycles. The zero-order valence-corrected chi connectivity index (χ0v) is 15.3. The van der Waals surface area contributed by atoms with Crippen molar-refractivity contribution in [1.29, 1.82) is 0 Å². The van der Waals surface area contributed by atoms with Gasteiger partial charge < -0.3 is 9.80 Å². The first-order valence-electron chi connectivity index (χ1n) is 7.88. The summed E-state index contributed by atoms with van der Waals surface area (Å²) < 4.78 is 36.0. The molecule has 1 fully saturated rings. The van der Waals surface area contributed by atoms with Gasteiger partial charge in [0.05, 0.1) is 15.5 Å². The second-order valence-electron chi connectivity index (χ2n) is 5.94. The lowest BCUT2D eigenvalue weighted by atomic mass is 10.1. The molecular weight excluding hydrogens is 381 g/mol. The lowest BCUT2D eigenvalue weighted by molar-refractivity contribution is 0.0746. The van der Waals surface area contributed by atoms with Gasteiger partial charge in [-0.1, -0.05) is 11.6 Å². The number of piperazine rings is 1. The Hall–Kier alpha value is -2.16. The van der Waals surface area contributed by atoms with E-state index in [4.69, 9.17) is 16.7 Å². The third-order valence-electron chi connectivity index (χ3n) is 4.26. The van der Waals surface area contributed by atoms with Crippen molar-refractivity contribution >= 4 is 33.2 Å². The Morgan fingerprint density at radius 1 is 1.04 bits per heavy atom. The number of anilines is 1. The van der Waals surface area contributed by atoms with Gasteiger partial charge in [-0.2, -0.15) is 0 Å². The summed E-state index contributed by atoms with van der Waals surface area (Å²) in [5, 5.41) is 5.29. The van der Waals surface area contributed by atoms with E-state index in [1.54, 1.807) is 17.0 Å². The van der Waals surface area contributed by atoms with Crippen LogP contribution < -0.4 is 10.0 Å². The molecular formula is C17H17ClFN3O3S. The van der Waals surface area contributed by atoms with Gasteiger partial charge in [-0.05, 0) is 42.5 Å². The monoisotopic (exact) mass is 397 g/mol. The van der Waals surface area contributed by atoms with Gasteiger partial charge in [-0.25, -0.2) is 17.9 Å². The van der Waals surface area contributed by atoms with Crippen molar-refractivity contribution in [2.75, 3.05) is 31.1 Å². The molecule has 1 amide bonds. The number of nitrogens with zero attached hydrogens (tertiary/aromatic N) is 2. The number of benzene rings is 2. The van der Waals surface area contributed by atoms with Gasteiger partial charge in [0, 0.05) is 31.9 Å². The van der Waals surface area contributed by atoms with Gasteiger partial charge in [0.25, 0.3) is 5.91 Å². The van der Waals surface area contributed by atoms with E-state index in [-0.39, 0.29) is 27.2 Å². The Labute approximate surface area is 156 Å². The zero-order valence-electron chi connectivity index (χ0n) is 13.7. The number of halogens is 2. The summed E-state index contributed by atoms with van der Waals surface area (Å²) in [5.41, 5.74) is 0.987. The third-order valence-corrected chi connectivity index (χ3v) is 5.50. The number of hydrogen-bond donors (Lipinski definition) is 1. The van der Waals surface area contributed by atoms with Crippen molar-refractivity contribution in [3.63, 3.8) is 0 Å². The average molecular weight is 398 g/mol. The molecule has 0 aliphatic carbocycles. The van der Waals surface area contributed by atoms with Gasteiger partial charge in [-0.15, -0.1) is 0 Å². The molecule has 2 aromatic rings. The van der Waals surface area contributed by atoms with Crippen LogP contribution in [0.5, 0.6) is 0 Å². The van der Waals surface area contributed by atoms with E-state index in [2.05, 4.69) is 0 Å². The predicted octanol–water partition coefficient (Wildman–Crippen LogP) is 2.09. The molecule has 0 unspecified atom stereocenters. The summed E-state index contributed by atoms with van der Waals surface area (Å²) in [6.45, 7) is 2.02. The van der Waals surface area contributed by atoms with E-state index >= 15 is 0 Å². The molecule has 6 nitrogen and oxygen atoms in total. The molecule has 0 radical (unpaired) electrons. The number of amides is 1. The average Bonchev–Trinajstić information content (AvgIpc) is 2.61. The van der Waals surface area contributed by atoms with Crippen molar-refractivity contribution in [3.05, 3.63) is 58.9 Å². The summed E-state index contributed by atoms with van der Waals surface area (Å²) in [7, 11) is -3.92. The van der Waals surface area contributed by atoms with Crippen LogP contribution in [0.25, 0.3) is 0 Å². The number of primary sulfonamides is 1. The van der Waals surface area contributed by atoms with E-state index in [9.17, 15) is 17.6 Å². The molecule has 2 N–H and O–H groups in total. The Kier molecular flexibility index (Phi) is 5.17. The van der Waals surface area contributed by atoms with Crippen LogP contribution in [0, 0.1) is 5.82 Å². The van der Waals surface area contributed by atoms with E-state index < -0.39 is 10.0 Å². The molecule has 1 saturated heterocycles. The molecule has 0 aromatic heterocycles. The molecule has 1 aliphatic heterocycles. The van der Waals surface area contributed by atoms with Crippen molar-refractivity contribution in [3.8, 4) is 0 Å². The Morgan fingerprint density at radius 2 is 1.65 bits per heavy atom. The minimum absolute atomic E-state index is 0.105. The summed E-state index contributed by atoms with van der Waals surface area (Å²) >= 11 is 6.07. The highest BCUT2D eigenvalue weighted by molar-refractivity contribution is 7.89. The number of sulfonamides is 1. The maximum atomic E-state index is 13.0. The molecule has 9 heteroatoms. The molecule has 1 aliphatic rings. The molecule has 26 heavy (non-hydrogen) atoms. The maximum absolute atomic E-state index is 13.0. The zero-order chi connectivity index (χ0) is 18.9. The number of carbonyl (C=O) groups excluding carboxylic acids is 1. The van der Waals surface area contributed by atoms with Crippen LogP contribution in [-0.4, -0.2) is 45.4 Å². The van der Waals surface area contributed by atoms with Gasteiger partial charge >= 0.3 is 0 Å². The minimum Gasteiger partial charge on any atom is -0.368 e. The van der Waals surface area contributed by atoms with Gasteiger partial charge in [0.1, 0.15) is 5.82 Å². The van der Waals surface area contributed by atoms with Crippen molar-refractivity contribution in [2.45, 2.75) is 4.90 Å². The van der Waals surface area contributed by atoms with Gasteiger partial charge in [0.2, 0.25) is 10.0 Å². The number of rotatable bonds is 3. The highest BCUT2D eigenvalue weighted by Gasteiger charge is 2.25. The molecule has 2 aromatic carbocycles. The highest BCUT2D eigenvalue weighted by atomic mass is 35.5. The molecule has 3 rings (SSSR count). The van der Waals surface area contributed by atoms with Crippen LogP contribution in [0.4, 0.5) is 10.1 Å².